The minimum Gasteiger partial charge on any atom is -0.316 e. The molecular formula is C19H15N3O4. The van der Waals surface area contributed by atoms with Crippen LogP contribution in [0.5, 0.6) is 0 Å². The highest BCUT2D eigenvalue weighted by atomic mass is 16.6. The molecule has 0 saturated carbocycles. The van der Waals surface area contributed by atoms with Crippen LogP contribution in [0.2, 0.25) is 0 Å². The Labute approximate surface area is 148 Å². The van der Waals surface area contributed by atoms with Gasteiger partial charge in [-0.15, -0.1) is 0 Å². The van der Waals surface area contributed by atoms with Crippen molar-refractivity contribution >= 4 is 17.3 Å². The number of aromatic nitrogens is 1. The molecule has 0 saturated heterocycles. The maximum atomic E-state index is 12.6. The summed E-state index contributed by atoms with van der Waals surface area (Å²) in [6.07, 6.45) is 1.59. The number of nitrogens with zero attached hydrogens (tertiary/aromatic N) is 2. The number of amides is 1. The van der Waals surface area contributed by atoms with E-state index in [-0.39, 0.29) is 16.9 Å². The van der Waals surface area contributed by atoms with E-state index in [0.717, 1.165) is 5.56 Å². The first-order chi connectivity index (χ1) is 12.6. The van der Waals surface area contributed by atoms with E-state index in [2.05, 4.69) is 5.32 Å². The Kier molecular flexibility index (Phi) is 4.89. The minimum atomic E-state index is -0.688. The lowest BCUT2D eigenvalue weighted by Crippen LogP contribution is -2.29. The van der Waals surface area contributed by atoms with Gasteiger partial charge in [0.1, 0.15) is 11.3 Å². The summed E-state index contributed by atoms with van der Waals surface area (Å²) in [6.45, 7) is 0.326. The van der Waals surface area contributed by atoms with Crippen molar-refractivity contribution in [2.75, 3.05) is 5.32 Å². The molecule has 0 atom stereocenters. The van der Waals surface area contributed by atoms with Crippen LogP contribution in [0, 0.1) is 10.1 Å². The van der Waals surface area contributed by atoms with Crippen LogP contribution in [0.25, 0.3) is 0 Å². The number of benzene rings is 2. The Balaban J connectivity index is 1.88. The van der Waals surface area contributed by atoms with Crippen molar-refractivity contribution in [3.05, 3.63) is 105 Å². The molecule has 0 aliphatic heterocycles. The molecule has 1 N–H and O–H groups in total. The van der Waals surface area contributed by atoms with E-state index in [1.54, 1.807) is 18.3 Å². The molecule has 1 heterocycles. The second-order valence-electron chi connectivity index (χ2n) is 5.57. The molecule has 7 heteroatoms. The summed E-state index contributed by atoms with van der Waals surface area (Å²) in [5, 5.41) is 13.5. The molecule has 2 aromatic carbocycles. The van der Waals surface area contributed by atoms with Gasteiger partial charge in [-0.1, -0.05) is 42.5 Å². The summed E-state index contributed by atoms with van der Waals surface area (Å²) >= 11 is 0. The quantitative estimate of drug-likeness (QED) is 0.566. The Morgan fingerprint density at radius 3 is 2.42 bits per heavy atom. The van der Waals surface area contributed by atoms with E-state index in [1.165, 1.54) is 28.8 Å². The molecule has 0 fully saturated rings. The number of nitrogens with one attached hydrogen (secondary N) is 1. The van der Waals surface area contributed by atoms with Crippen molar-refractivity contribution in [2.45, 2.75) is 6.54 Å². The number of rotatable bonds is 5. The molecule has 0 aliphatic carbocycles. The highest BCUT2D eigenvalue weighted by molar-refractivity contribution is 6.05. The van der Waals surface area contributed by atoms with E-state index in [4.69, 9.17) is 0 Å². The smallest absolute Gasteiger partial charge is 0.292 e. The predicted molar refractivity (Wildman–Crippen MR) is 97.3 cm³/mol. The normalized spacial score (nSPS) is 10.3. The lowest BCUT2D eigenvalue weighted by atomic mass is 10.2. The van der Waals surface area contributed by atoms with Crippen LogP contribution in [0.3, 0.4) is 0 Å². The van der Waals surface area contributed by atoms with Gasteiger partial charge in [0.2, 0.25) is 0 Å². The molecule has 0 unspecified atom stereocenters. The Hall–Kier alpha value is -3.74. The van der Waals surface area contributed by atoms with Crippen molar-refractivity contribution < 1.29 is 9.72 Å². The fourth-order valence-corrected chi connectivity index (χ4v) is 2.54. The first-order valence-corrected chi connectivity index (χ1v) is 7.84. The third kappa shape index (κ3) is 3.67. The molecule has 26 heavy (non-hydrogen) atoms. The number of carbonyl (C=O) groups excluding carboxylic acids is 1. The fourth-order valence-electron chi connectivity index (χ4n) is 2.54. The number of hydrogen-bond donors (Lipinski definition) is 1. The Morgan fingerprint density at radius 2 is 1.69 bits per heavy atom. The highest BCUT2D eigenvalue weighted by Gasteiger charge is 2.18. The van der Waals surface area contributed by atoms with Gasteiger partial charge in [-0.2, -0.15) is 0 Å². The monoisotopic (exact) mass is 349 g/mol. The number of hydrogen-bond acceptors (Lipinski definition) is 4. The van der Waals surface area contributed by atoms with Crippen molar-refractivity contribution in [1.29, 1.82) is 0 Å². The van der Waals surface area contributed by atoms with Crippen LogP contribution in [0.1, 0.15) is 15.9 Å². The predicted octanol–water partition coefficient (Wildman–Crippen LogP) is 3.06. The van der Waals surface area contributed by atoms with Crippen molar-refractivity contribution in [3.8, 4) is 0 Å². The van der Waals surface area contributed by atoms with Gasteiger partial charge in [-0.05, 0) is 23.8 Å². The van der Waals surface area contributed by atoms with E-state index in [1.807, 2.05) is 30.3 Å². The Bertz CT molecular complexity index is 1010. The molecule has 0 spiro atoms. The molecular weight excluding hydrogens is 334 g/mol. The first kappa shape index (κ1) is 17.1. The van der Waals surface area contributed by atoms with Gasteiger partial charge < -0.3 is 9.88 Å². The summed E-state index contributed by atoms with van der Waals surface area (Å²) in [4.78, 5) is 35.5. The van der Waals surface area contributed by atoms with Crippen LogP contribution < -0.4 is 10.9 Å². The van der Waals surface area contributed by atoms with E-state index < -0.39 is 16.4 Å². The SMILES string of the molecule is O=C(Nc1ccccc1[N+](=O)[O-])c1cccn(Cc2ccccc2)c1=O. The van der Waals surface area contributed by atoms with Crippen LogP contribution in [-0.4, -0.2) is 15.4 Å². The third-order valence-corrected chi connectivity index (χ3v) is 3.81. The molecule has 3 rings (SSSR count). The number of nitro benzene ring substituents is 1. The van der Waals surface area contributed by atoms with E-state index in [0.29, 0.717) is 6.54 Å². The lowest BCUT2D eigenvalue weighted by Gasteiger charge is -2.09. The number of anilines is 1. The topological polar surface area (TPSA) is 94.2 Å². The number of nitro groups is 1. The molecule has 0 aliphatic rings. The largest absolute Gasteiger partial charge is 0.316 e. The van der Waals surface area contributed by atoms with E-state index >= 15 is 0 Å². The zero-order valence-electron chi connectivity index (χ0n) is 13.7. The maximum absolute atomic E-state index is 12.6. The number of carbonyl (C=O) groups is 1. The van der Waals surface area contributed by atoms with Crippen LogP contribution >= 0.6 is 0 Å². The fraction of sp³-hybridized carbons (Fsp3) is 0.0526. The zero-order valence-corrected chi connectivity index (χ0v) is 13.7. The molecule has 0 radical (unpaired) electrons. The maximum Gasteiger partial charge on any atom is 0.292 e. The molecule has 3 aromatic rings. The average molecular weight is 349 g/mol. The zero-order chi connectivity index (χ0) is 18.5. The summed E-state index contributed by atoms with van der Waals surface area (Å²) in [7, 11) is 0. The van der Waals surface area contributed by atoms with Crippen molar-refractivity contribution in [2.24, 2.45) is 0 Å². The standard InChI is InChI=1S/C19H15N3O4/c23-18(20-16-10-4-5-11-17(16)22(25)26)15-9-6-12-21(19(15)24)13-14-7-2-1-3-8-14/h1-12H,13H2,(H,20,23). The second-order valence-corrected chi connectivity index (χ2v) is 5.57. The minimum absolute atomic E-state index is 0.0420. The molecule has 1 aromatic heterocycles. The summed E-state index contributed by atoms with van der Waals surface area (Å²) in [5.74, 6) is -0.688. The first-order valence-electron chi connectivity index (χ1n) is 7.84. The summed E-state index contributed by atoms with van der Waals surface area (Å²) < 4.78 is 1.42. The molecule has 1 amide bonds. The van der Waals surface area contributed by atoms with E-state index in [9.17, 15) is 19.7 Å². The lowest BCUT2D eigenvalue weighted by molar-refractivity contribution is -0.383. The number of para-hydroxylation sites is 2. The van der Waals surface area contributed by atoms with Gasteiger partial charge in [0.15, 0.2) is 0 Å². The van der Waals surface area contributed by atoms with Gasteiger partial charge in [-0.3, -0.25) is 19.7 Å². The van der Waals surface area contributed by atoms with Crippen LogP contribution in [0.15, 0.2) is 77.7 Å². The molecule has 130 valence electrons. The van der Waals surface area contributed by atoms with Gasteiger partial charge >= 0.3 is 0 Å². The van der Waals surface area contributed by atoms with Gasteiger partial charge in [-0.25, -0.2) is 0 Å². The Morgan fingerprint density at radius 1 is 1.00 bits per heavy atom. The molecule has 7 nitrogen and oxygen atoms in total. The second kappa shape index (κ2) is 7.43. The summed E-state index contributed by atoms with van der Waals surface area (Å²) in [6, 6.07) is 18.1. The van der Waals surface area contributed by atoms with Crippen molar-refractivity contribution in [1.82, 2.24) is 4.57 Å². The average Bonchev–Trinajstić information content (AvgIpc) is 2.64. The number of pyridine rings is 1. The third-order valence-electron chi connectivity index (χ3n) is 3.81. The van der Waals surface area contributed by atoms with Gasteiger partial charge in [0.05, 0.1) is 11.5 Å². The van der Waals surface area contributed by atoms with Crippen LogP contribution in [-0.2, 0) is 6.54 Å². The highest BCUT2D eigenvalue weighted by Crippen LogP contribution is 2.23. The van der Waals surface area contributed by atoms with Gasteiger partial charge in [0, 0.05) is 12.3 Å². The van der Waals surface area contributed by atoms with Gasteiger partial charge in [0.25, 0.3) is 17.2 Å². The van der Waals surface area contributed by atoms with Crippen LogP contribution in [0.4, 0.5) is 11.4 Å². The van der Waals surface area contributed by atoms with Crippen molar-refractivity contribution in [3.63, 3.8) is 0 Å². The summed E-state index contributed by atoms with van der Waals surface area (Å²) in [5.41, 5.74) is 0.182. The molecule has 0 bridgehead atoms.